The maximum atomic E-state index is 5.75. The molecule has 2 aromatic rings. The van der Waals surface area contributed by atoms with E-state index in [-0.39, 0.29) is 0 Å². The van der Waals surface area contributed by atoms with Crippen LogP contribution in [0.2, 0.25) is 0 Å². The highest BCUT2D eigenvalue weighted by molar-refractivity contribution is 5.39. The summed E-state index contributed by atoms with van der Waals surface area (Å²) in [5.41, 5.74) is 10.1. The molecule has 2 heterocycles. The zero-order valence-electron chi connectivity index (χ0n) is 10.3. The van der Waals surface area contributed by atoms with Crippen LogP contribution in [-0.4, -0.2) is 14.8 Å². The van der Waals surface area contributed by atoms with Crippen LogP contribution in [0.4, 0.5) is 0 Å². The smallest absolute Gasteiger partial charge is 0.0876 e. The average molecular weight is 230 g/mol. The van der Waals surface area contributed by atoms with Crippen molar-refractivity contribution < 1.29 is 0 Å². The van der Waals surface area contributed by atoms with E-state index in [9.17, 15) is 0 Å². The first-order chi connectivity index (χ1) is 8.30. The van der Waals surface area contributed by atoms with Gasteiger partial charge in [0.05, 0.1) is 17.6 Å². The zero-order valence-corrected chi connectivity index (χ0v) is 10.3. The first kappa shape index (κ1) is 11.8. The van der Waals surface area contributed by atoms with Gasteiger partial charge < -0.3 is 5.73 Å². The minimum atomic E-state index is 0.502. The molecule has 0 saturated carbocycles. The van der Waals surface area contributed by atoms with Gasteiger partial charge in [0.25, 0.3) is 0 Å². The van der Waals surface area contributed by atoms with Crippen molar-refractivity contribution in [2.45, 2.75) is 33.2 Å². The van der Waals surface area contributed by atoms with Crippen molar-refractivity contribution in [2.24, 2.45) is 5.73 Å². The number of nitrogens with two attached hydrogens (primary N) is 1. The van der Waals surface area contributed by atoms with Crippen molar-refractivity contribution in [1.82, 2.24) is 14.8 Å². The second kappa shape index (κ2) is 5.10. The van der Waals surface area contributed by atoms with Crippen LogP contribution in [0.5, 0.6) is 0 Å². The summed E-state index contributed by atoms with van der Waals surface area (Å²) in [6.07, 6.45) is 5.49. The molecule has 0 radical (unpaired) electrons. The van der Waals surface area contributed by atoms with Gasteiger partial charge in [-0.25, -0.2) is 4.68 Å². The second-order valence-electron chi connectivity index (χ2n) is 3.95. The van der Waals surface area contributed by atoms with Gasteiger partial charge >= 0.3 is 0 Å². The number of hydrogen-bond donors (Lipinski definition) is 1. The van der Waals surface area contributed by atoms with E-state index < -0.39 is 0 Å². The predicted molar refractivity (Wildman–Crippen MR) is 68.0 cm³/mol. The molecular formula is C13H18N4. The van der Waals surface area contributed by atoms with Gasteiger partial charge in [0.15, 0.2) is 0 Å². The number of aryl methyl sites for hydroxylation is 2. The SMILES string of the molecule is CCc1cc(CC)n(-c2cnccc2CN)n1. The Bertz CT molecular complexity index is 502. The van der Waals surface area contributed by atoms with Crippen molar-refractivity contribution in [3.63, 3.8) is 0 Å². The summed E-state index contributed by atoms with van der Waals surface area (Å²) in [4.78, 5) is 4.16. The highest BCUT2D eigenvalue weighted by Gasteiger charge is 2.10. The van der Waals surface area contributed by atoms with Gasteiger partial charge in [-0.05, 0) is 30.5 Å². The quantitative estimate of drug-likeness (QED) is 0.872. The molecule has 2 rings (SSSR count). The van der Waals surface area contributed by atoms with Crippen LogP contribution in [-0.2, 0) is 19.4 Å². The molecular weight excluding hydrogens is 212 g/mol. The van der Waals surface area contributed by atoms with Crippen LogP contribution in [0.1, 0.15) is 30.8 Å². The Hall–Kier alpha value is -1.68. The summed E-state index contributed by atoms with van der Waals surface area (Å²) < 4.78 is 1.97. The molecule has 0 bridgehead atoms. The van der Waals surface area contributed by atoms with Crippen LogP contribution in [0, 0.1) is 0 Å². The lowest BCUT2D eigenvalue weighted by Crippen LogP contribution is -2.08. The van der Waals surface area contributed by atoms with E-state index in [0.717, 1.165) is 29.8 Å². The van der Waals surface area contributed by atoms with Crippen molar-refractivity contribution in [2.75, 3.05) is 0 Å². The standard InChI is InChI=1S/C13H18N4/c1-3-11-7-12(4-2)17(16-11)13-9-15-6-5-10(13)8-14/h5-7,9H,3-4,8,14H2,1-2H3. The van der Waals surface area contributed by atoms with Crippen LogP contribution in [0.3, 0.4) is 0 Å². The van der Waals surface area contributed by atoms with Crippen molar-refractivity contribution in [3.05, 3.63) is 41.5 Å². The monoisotopic (exact) mass is 230 g/mol. The van der Waals surface area contributed by atoms with Crippen molar-refractivity contribution in [3.8, 4) is 5.69 Å². The topological polar surface area (TPSA) is 56.7 Å². The summed E-state index contributed by atoms with van der Waals surface area (Å²) >= 11 is 0. The lowest BCUT2D eigenvalue weighted by Gasteiger charge is -2.09. The fraction of sp³-hybridized carbons (Fsp3) is 0.385. The lowest BCUT2D eigenvalue weighted by molar-refractivity contribution is 0.778. The Morgan fingerprint density at radius 1 is 1.29 bits per heavy atom. The Kier molecular flexibility index (Phi) is 3.54. The molecule has 0 fully saturated rings. The Morgan fingerprint density at radius 2 is 2.12 bits per heavy atom. The van der Waals surface area contributed by atoms with Gasteiger partial charge in [-0.1, -0.05) is 13.8 Å². The molecule has 2 N–H and O–H groups in total. The third kappa shape index (κ3) is 2.22. The molecule has 4 nitrogen and oxygen atoms in total. The molecule has 0 aliphatic heterocycles. The third-order valence-corrected chi connectivity index (χ3v) is 2.89. The van der Waals surface area contributed by atoms with Gasteiger partial charge in [-0.2, -0.15) is 5.10 Å². The molecule has 0 aromatic carbocycles. The van der Waals surface area contributed by atoms with E-state index in [1.165, 1.54) is 5.69 Å². The average Bonchev–Trinajstić information content (AvgIpc) is 2.81. The van der Waals surface area contributed by atoms with E-state index in [2.05, 4.69) is 30.0 Å². The van der Waals surface area contributed by atoms with E-state index in [1.54, 1.807) is 6.20 Å². The Labute approximate surface area is 101 Å². The number of hydrogen-bond acceptors (Lipinski definition) is 3. The molecule has 0 aliphatic carbocycles. The summed E-state index contributed by atoms with van der Waals surface area (Å²) in [6, 6.07) is 4.09. The van der Waals surface area contributed by atoms with Crippen molar-refractivity contribution >= 4 is 0 Å². The van der Waals surface area contributed by atoms with Gasteiger partial charge in [0.1, 0.15) is 0 Å². The number of rotatable bonds is 4. The zero-order chi connectivity index (χ0) is 12.3. The predicted octanol–water partition coefficient (Wildman–Crippen LogP) is 1.85. The molecule has 0 amide bonds. The molecule has 17 heavy (non-hydrogen) atoms. The summed E-state index contributed by atoms with van der Waals surface area (Å²) in [7, 11) is 0. The minimum absolute atomic E-state index is 0.502. The van der Waals surface area contributed by atoms with Crippen molar-refractivity contribution in [1.29, 1.82) is 0 Å². The van der Waals surface area contributed by atoms with E-state index in [1.807, 2.05) is 16.9 Å². The molecule has 90 valence electrons. The largest absolute Gasteiger partial charge is 0.326 e. The van der Waals surface area contributed by atoms with E-state index in [4.69, 9.17) is 5.73 Å². The Morgan fingerprint density at radius 3 is 2.76 bits per heavy atom. The fourth-order valence-corrected chi connectivity index (χ4v) is 1.89. The number of pyridine rings is 1. The molecule has 0 saturated heterocycles. The van der Waals surface area contributed by atoms with Gasteiger partial charge in [0, 0.05) is 18.4 Å². The molecule has 2 aromatic heterocycles. The van der Waals surface area contributed by atoms with Gasteiger partial charge in [0.2, 0.25) is 0 Å². The molecule has 0 atom stereocenters. The second-order valence-corrected chi connectivity index (χ2v) is 3.95. The van der Waals surface area contributed by atoms with Crippen LogP contribution < -0.4 is 5.73 Å². The van der Waals surface area contributed by atoms with Crippen LogP contribution in [0.15, 0.2) is 24.5 Å². The number of aromatic nitrogens is 3. The van der Waals surface area contributed by atoms with E-state index in [0.29, 0.717) is 6.54 Å². The third-order valence-electron chi connectivity index (χ3n) is 2.89. The minimum Gasteiger partial charge on any atom is -0.326 e. The molecule has 4 heteroatoms. The summed E-state index contributed by atoms with van der Waals surface area (Å²) in [6.45, 7) is 4.74. The highest BCUT2D eigenvalue weighted by Crippen LogP contribution is 2.16. The molecule has 0 aliphatic rings. The van der Waals surface area contributed by atoms with E-state index >= 15 is 0 Å². The lowest BCUT2D eigenvalue weighted by atomic mass is 10.2. The van der Waals surface area contributed by atoms with Crippen LogP contribution >= 0.6 is 0 Å². The maximum Gasteiger partial charge on any atom is 0.0876 e. The highest BCUT2D eigenvalue weighted by atomic mass is 15.3. The number of nitrogens with zero attached hydrogens (tertiary/aromatic N) is 3. The summed E-state index contributed by atoms with van der Waals surface area (Å²) in [5.74, 6) is 0. The fourth-order valence-electron chi connectivity index (χ4n) is 1.89. The van der Waals surface area contributed by atoms with Gasteiger partial charge in [-0.3, -0.25) is 4.98 Å². The first-order valence-electron chi connectivity index (χ1n) is 6.01. The molecule has 0 spiro atoms. The normalized spacial score (nSPS) is 10.8. The summed E-state index contributed by atoms with van der Waals surface area (Å²) in [5, 5.41) is 4.60. The maximum absolute atomic E-state index is 5.75. The Balaban J connectivity index is 2.54. The first-order valence-corrected chi connectivity index (χ1v) is 6.01. The van der Waals surface area contributed by atoms with Gasteiger partial charge in [-0.15, -0.1) is 0 Å². The van der Waals surface area contributed by atoms with Crippen LogP contribution in [0.25, 0.3) is 5.69 Å². The molecule has 0 unspecified atom stereocenters.